The van der Waals surface area contributed by atoms with Crippen LogP contribution in [-0.2, 0) is 15.6 Å². The van der Waals surface area contributed by atoms with Crippen molar-refractivity contribution < 1.29 is 8.42 Å². The molecule has 1 aromatic carbocycles. The van der Waals surface area contributed by atoms with Gasteiger partial charge < -0.3 is 0 Å². The van der Waals surface area contributed by atoms with Crippen LogP contribution in [0, 0.1) is 0 Å². The van der Waals surface area contributed by atoms with E-state index < -0.39 is 9.05 Å². The first kappa shape index (κ1) is 13.5. The zero-order valence-corrected chi connectivity index (χ0v) is 12.8. The first-order chi connectivity index (χ1) is 9.50. The molecule has 0 radical (unpaired) electrons. The van der Waals surface area contributed by atoms with Crippen LogP contribution in [0.3, 0.4) is 0 Å². The van der Waals surface area contributed by atoms with Crippen molar-refractivity contribution in [3.63, 3.8) is 0 Å². The van der Waals surface area contributed by atoms with E-state index in [4.69, 9.17) is 10.7 Å². The fourth-order valence-electron chi connectivity index (χ4n) is 2.03. The molecule has 0 N–H and O–H groups in total. The van der Waals surface area contributed by atoms with Crippen LogP contribution in [0.4, 0.5) is 0 Å². The Balaban J connectivity index is 2.22. The Morgan fingerprint density at radius 2 is 2.05 bits per heavy atom. The zero-order chi connectivity index (χ0) is 14.3. The molecular weight excluding hydrogens is 318 g/mol. The van der Waals surface area contributed by atoms with E-state index in [-0.39, 0.29) is 5.16 Å². The predicted molar refractivity (Wildman–Crippen MR) is 79.6 cm³/mol. The highest BCUT2D eigenvalue weighted by Crippen LogP contribution is 2.33. The average Bonchev–Trinajstić information content (AvgIpc) is 3.00. The van der Waals surface area contributed by atoms with Gasteiger partial charge in [0.05, 0.1) is 4.88 Å². The van der Waals surface area contributed by atoms with E-state index in [1.807, 2.05) is 37.3 Å². The molecule has 5 nitrogen and oxygen atoms in total. The lowest BCUT2D eigenvalue weighted by atomic mass is 10.2. The van der Waals surface area contributed by atoms with Crippen LogP contribution in [0.5, 0.6) is 0 Å². The Bertz CT molecular complexity index is 850. The van der Waals surface area contributed by atoms with Crippen LogP contribution in [0.25, 0.3) is 20.8 Å². The molecule has 2 aromatic heterocycles. The van der Waals surface area contributed by atoms with Crippen molar-refractivity contribution in [1.29, 1.82) is 0 Å². The smallest absolute Gasteiger partial charge is 0.296 e. The lowest BCUT2D eigenvalue weighted by molar-refractivity contribution is 0.583. The number of nitrogens with zero attached hydrogens (tertiary/aromatic N) is 3. The molecular formula is C12H10ClN3O2S2. The summed E-state index contributed by atoms with van der Waals surface area (Å²) in [5.41, 5.74) is 0. The minimum absolute atomic E-state index is 0.214. The molecule has 3 rings (SSSR count). The minimum Gasteiger partial charge on any atom is -0.296 e. The largest absolute Gasteiger partial charge is 0.296 e. The summed E-state index contributed by atoms with van der Waals surface area (Å²) < 4.78 is 25.6. The maximum Gasteiger partial charge on any atom is 0.296 e. The predicted octanol–water partition coefficient (Wildman–Crippen LogP) is 3.11. The first-order valence-corrected chi connectivity index (χ1v) is 9.00. The van der Waals surface area contributed by atoms with Gasteiger partial charge in [-0.3, -0.25) is 4.57 Å². The number of hydrogen-bond donors (Lipinski definition) is 0. The van der Waals surface area contributed by atoms with Gasteiger partial charge in [0.25, 0.3) is 14.2 Å². The van der Waals surface area contributed by atoms with Gasteiger partial charge >= 0.3 is 0 Å². The maximum atomic E-state index is 11.5. The SMILES string of the molecule is CCn1c(-c2cc3ccccc3s2)nnc1S(=O)(=O)Cl. The number of halogens is 1. The van der Waals surface area contributed by atoms with Crippen molar-refractivity contribution in [1.82, 2.24) is 14.8 Å². The van der Waals surface area contributed by atoms with E-state index in [0.717, 1.165) is 15.0 Å². The number of rotatable bonds is 3. The lowest BCUT2D eigenvalue weighted by Gasteiger charge is -2.03. The van der Waals surface area contributed by atoms with Crippen LogP contribution in [0.15, 0.2) is 35.5 Å². The molecule has 0 unspecified atom stereocenters. The second-order valence-electron chi connectivity index (χ2n) is 4.14. The molecule has 8 heteroatoms. The van der Waals surface area contributed by atoms with Crippen LogP contribution >= 0.6 is 22.0 Å². The third-order valence-electron chi connectivity index (χ3n) is 2.90. The molecule has 0 bridgehead atoms. The average molecular weight is 328 g/mol. The highest BCUT2D eigenvalue weighted by molar-refractivity contribution is 8.13. The Hall–Kier alpha value is -1.44. The molecule has 0 atom stereocenters. The number of thiophene rings is 1. The summed E-state index contributed by atoms with van der Waals surface area (Å²) in [7, 11) is 1.48. The Kier molecular flexibility index (Phi) is 3.27. The molecule has 0 aliphatic carbocycles. The Morgan fingerprint density at radius 3 is 2.70 bits per heavy atom. The summed E-state index contributed by atoms with van der Waals surface area (Å²) in [4.78, 5) is 0.868. The van der Waals surface area contributed by atoms with Gasteiger partial charge in [-0.25, -0.2) is 8.42 Å². The van der Waals surface area contributed by atoms with Crippen molar-refractivity contribution in [2.75, 3.05) is 0 Å². The molecule has 0 spiro atoms. The van der Waals surface area contributed by atoms with E-state index in [2.05, 4.69) is 10.2 Å². The fourth-order valence-corrected chi connectivity index (χ4v) is 4.04. The van der Waals surface area contributed by atoms with Gasteiger partial charge in [0.15, 0.2) is 5.82 Å². The number of benzene rings is 1. The maximum absolute atomic E-state index is 11.5. The van der Waals surface area contributed by atoms with Gasteiger partial charge in [-0.2, -0.15) is 0 Å². The number of hydrogen-bond acceptors (Lipinski definition) is 5. The lowest BCUT2D eigenvalue weighted by Crippen LogP contribution is -2.05. The van der Waals surface area contributed by atoms with Crippen LogP contribution in [0.1, 0.15) is 6.92 Å². The number of fused-ring (bicyclic) bond motifs is 1. The van der Waals surface area contributed by atoms with Gasteiger partial charge in [0.1, 0.15) is 0 Å². The first-order valence-electron chi connectivity index (χ1n) is 5.87. The van der Waals surface area contributed by atoms with Gasteiger partial charge in [-0.15, -0.1) is 21.5 Å². The Morgan fingerprint density at radius 1 is 1.30 bits per heavy atom. The molecule has 0 saturated heterocycles. The molecule has 0 saturated carbocycles. The highest BCUT2D eigenvalue weighted by atomic mass is 35.7. The molecule has 20 heavy (non-hydrogen) atoms. The van der Waals surface area contributed by atoms with Crippen molar-refractivity contribution in [3.05, 3.63) is 30.3 Å². The monoisotopic (exact) mass is 327 g/mol. The third-order valence-corrected chi connectivity index (χ3v) is 5.16. The van der Waals surface area contributed by atoms with Crippen LogP contribution < -0.4 is 0 Å². The van der Waals surface area contributed by atoms with E-state index in [1.54, 1.807) is 11.3 Å². The van der Waals surface area contributed by atoms with Gasteiger partial charge in [0, 0.05) is 21.9 Å². The van der Waals surface area contributed by atoms with Gasteiger partial charge in [-0.05, 0) is 24.4 Å². The van der Waals surface area contributed by atoms with E-state index in [0.29, 0.717) is 12.4 Å². The molecule has 0 amide bonds. The third kappa shape index (κ3) is 2.21. The van der Waals surface area contributed by atoms with Crippen molar-refractivity contribution >= 4 is 41.2 Å². The standard InChI is InChI=1S/C12H10ClN3O2S2/c1-2-16-11(14-15-12(16)20(13,17)18)10-7-8-5-3-4-6-9(8)19-10/h3-7H,2H2,1H3. The van der Waals surface area contributed by atoms with Crippen molar-refractivity contribution in [2.45, 2.75) is 18.6 Å². The second kappa shape index (κ2) is 4.83. The fraction of sp³-hybridized carbons (Fsp3) is 0.167. The topological polar surface area (TPSA) is 64.8 Å². The number of aromatic nitrogens is 3. The molecule has 3 aromatic rings. The summed E-state index contributed by atoms with van der Waals surface area (Å²) in [6, 6.07) is 9.90. The normalized spacial score (nSPS) is 12.1. The summed E-state index contributed by atoms with van der Waals surface area (Å²) in [5, 5.41) is 8.56. The molecule has 2 heterocycles. The van der Waals surface area contributed by atoms with Crippen LogP contribution in [0.2, 0.25) is 0 Å². The van der Waals surface area contributed by atoms with Gasteiger partial charge in [0.2, 0.25) is 0 Å². The molecule has 0 fully saturated rings. The summed E-state index contributed by atoms with van der Waals surface area (Å²) in [6.45, 7) is 2.25. The van der Waals surface area contributed by atoms with Crippen LogP contribution in [-0.4, -0.2) is 23.2 Å². The van der Waals surface area contributed by atoms with Crippen molar-refractivity contribution in [3.8, 4) is 10.7 Å². The van der Waals surface area contributed by atoms with Crippen molar-refractivity contribution in [2.24, 2.45) is 0 Å². The quantitative estimate of drug-likeness (QED) is 0.693. The summed E-state index contributed by atoms with van der Waals surface area (Å²) in [6.07, 6.45) is 0. The summed E-state index contributed by atoms with van der Waals surface area (Å²) in [5.74, 6) is 0.521. The summed E-state index contributed by atoms with van der Waals surface area (Å²) >= 11 is 1.54. The zero-order valence-electron chi connectivity index (χ0n) is 10.4. The van der Waals surface area contributed by atoms with E-state index >= 15 is 0 Å². The van der Waals surface area contributed by atoms with Gasteiger partial charge in [-0.1, -0.05) is 18.2 Å². The molecule has 0 aliphatic heterocycles. The molecule has 0 aliphatic rings. The highest BCUT2D eigenvalue weighted by Gasteiger charge is 2.23. The minimum atomic E-state index is -3.90. The van der Waals surface area contributed by atoms with E-state index in [1.165, 1.54) is 4.57 Å². The molecule has 104 valence electrons. The van der Waals surface area contributed by atoms with E-state index in [9.17, 15) is 8.42 Å². The Labute approximate surface area is 124 Å². The second-order valence-corrected chi connectivity index (χ2v) is 7.68.